The van der Waals surface area contributed by atoms with Crippen LogP contribution < -0.4 is 5.73 Å². The van der Waals surface area contributed by atoms with E-state index in [0.29, 0.717) is 12.6 Å². The molecule has 0 spiro atoms. The van der Waals surface area contributed by atoms with Crippen LogP contribution in [0.25, 0.3) is 0 Å². The van der Waals surface area contributed by atoms with Gasteiger partial charge in [0, 0.05) is 18.6 Å². The van der Waals surface area contributed by atoms with Crippen molar-refractivity contribution < 1.29 is 4.39 Å². The minimum Gasteiger partial charge on any atom is -0.329 e. The van der Waals surface area contributed by atoms with Gasteiger partial charge >= 0.3 is 0 Å². The molecule has 0 saturated heterocycles. The molecule has 0 aliphatic heterocycles. The Morgan fingerprint density at radius 3 is 2.63 bits per heavy atom. The third-order valence-corrected chi connectivity index (χ3v) is 4.47. The van der Waals surface area contributed by atoms with Gasteiger partial charge in [0.05, 0.1) is 0 Å². The zero-order valence-electron chi connectivity index (χ0n) is 12.0. The van der Waals surface area contributed by atoms with Crippen LogP contribution in [0.1, 0.15) is 49.3 Å². The quantitative estimate of drug-likeness (QED) is 0.903. The summed E-state index contributed by atoms with van der Waals surface area (Å²) < 4.78 is 13.5. The molecule has 2 nitrogen and oxygen atoms in total. The van der Waals surface area contributed by atoms with E-state index in [9.17, 15) is 4.39 Å². The van der Waals surface area contributed by atoms with Crippen LogP contribution in [0.4, 0.5) is 4.39 Å². The maximum absolute atomic E-state index is 13.5. The van der Waals surface area contributed by atoms with Crippen LogP contribution in [0.5, 0.6) is 0 Å². The van der Waals surface area contributed by atoms with Crippen LogP contribution in [-0.4, -0.2) is 24.5 Å². The molecule has 1 fully saturated rings. The van der Waals surface area contributed by atoms with Gasteiger partial charge < -0.3 is 5.73 Å². The van der Waals surface area contributed by atoms with Crippen molar-refractivity contribution in [1.82, 2.24) is 4.90 Å². The fourth-order valence-corrected chi connectivity index (χ4v) is 3.23. The molecule has 1 aromatic rings. The molecule has 106 valence electrons. The lowest BCUT2D eigenvalue weighted by atomic mass is 9.91. The predicted molar refractivity (Wildman–Crippen MR) is 77.6 cm³/mol. The number of likely N-dealkylation sites (N-methyl/N-ethyl adjacent to an activating group) is 1. The lowest BCUT2D eigenvalue weighted by molar-refractivity contribution is 0.140. The molecule has 0 heterocycles. The summed E-state index contributed by atoms with van der Waals surface area (Å²) in [7, 11) is 2.14. The van der Waals surface area contributed by atoms with Crippen molar-refractivity contribution in [2.75, 3.05) is 13.6 Å². The van der Waals surface area contributed by atoms with E-state index in [0.717, 1.165) is 11.1 Å². The molecule has 1 atom stereocenters. The Balaban J connectivity index is 2.20. The molecule has 0 amide bonds. The van der Waals surface area contributed by atoms with Gasteiger partial charge in [0.1, 0.15) is 5.82 Å². The van der Waals surface area contributed by atoms with Gasteiger partial charge in [0.15, 0.2) is 0 Å². The smallest absolute Gasteiger partial charge is 0.123 e. The van der Waals surface area contributed by atoms with Gasteiger partial charge in [-0.25, -0.2) is 4.39 Å². The van der Waals surface area contributed by atoms with Crippen molar-refractivity contribution in [2.24, 2.45) is 5.73 Å². The van der Waals surface area contributed by atoms with E-state index in [4.69, 9.17) is 5.73 Å². The molecule has 19 heavy (non-hydrogen) atoms. The van der Waals surface area contributed by atoms with Crippen molar-refractivity contribution in [3.05, 3.63) is 35.1 Å². The Bertz CT molecular complexity index is 413. The Morgan fingerprint density at radius 2 is 2.00 bits per heavy atom. The second-order valence-corrected chi connectivity index (χ2v) is 5.71. The van der Waals surface area contributed by atoms with Gasteiger partial charge in [0.2, 0.25) is 0 Å². The number of halogens is 1. The van der Waals surface area contributed by atoms with Crippen LogP contribution in [0.3, 0.4) is 0 Å². The topological polar surface area (TPSA) is 29.3 Å². The number of nitrogens with zero attached hydrogens (tertiary/aromatic N) is 1. The average molecular weight is 264 g/mol. The number of rotatable bonds is 4. The van der Waals surface area contributed by atoms with E-state index in [2.05, 4.69) is 11.9 Å². The SMILES string of the molecule is Cc1ccc(F)cc1C(CN)N(C)C1CCCCC1. The van der Waals surface area contributed by atoms with Crippen molar-refractivity contribution in [3.63, 3.8) is 0 Å². The summed E-state index contributed by atoms with van der Waals surface area (Å²) in [6, 6.07) is 5.73. The molecule has 3 heteroatoms. The van der Waals surface area contributed by atoms with Crippen molar-refractivity contribution in [1.29, 1.82) is 0 Å². The second kappa shape index (κ2) is 6.49. The highest BCUT2D eigenvalue weighted by Gasteiger charge is 2.25. The first kappa shape index (κ1) is 14.5. The second-order valence-electron chi connectivity index (χ2n) is 5.71. The van der Waals surface area contributed by atoms with Gasteiger partial charge in [-0.05, 0) is 50.1 Å². The van der Waals surface area contributed by atoms with Gasteiger partial charge in [-0.3, -0.25) is 4.90 Å². The molecule has 2 N–H and O–H groups in total. The van der Waals surface area contributed by atoms with Crippen molar-refractivity contribution in [2.45, 2.75) is 51.1 Å². The van der Waals surface area contributed by atoms with E-state index in [1.165, 1.54) is 38.2 Å². The van der Waals surface area contributed by atoms with Gasteiger partial charge in [-0.15, -0.1) is 0 Å². The number of hydrogen-bond acceptors (Lipinski definition) is 2. The molecule has 1 aliphatic rings. The highest BCUT2D eigenvalue weighted by molar-refractivity contribution is 5.30. The van der Waals surface area contributed by atoms with E-state index in [1.54, 1.807) is 6.07 Å². The standard InChI is InChI=1S/C16H25FN2/c1-12-8-9-13(17)10-15(12)16(11-18)19(2)14-6-4-3-5-7-14/h8-10,14,16H,3-7,11,18H2,1-2H3. The summed E-state index contributed by atoms with van der Waals surface area (Å²) in [6.45, 7) is 2.57. The number of hydrogen-bond donors (Lipinski definition) is 1. The molecular formula is C16H25FN2. The van der Waals surface area contributed by atoms with Crippen molar-refractivity contribution in [3.8, 4) is 0 Å². The van der Waals surface area contributed by atoms with E-state index in [-0.39, 0.29) is 11.9 Å². The fourth-order valence-electron chi connectivity index (χ4n) is 3.23. The zero-order valence-corrected chi connectivity index (χ0v) is 12.0. The lowest BCUT2D eigenvalue weighted by Crippen LogP contribution is -2.40. The molecule has 1 aliphatic carbocycles. The first-order valence-electron chi connectivity index (χ1n) is 7.31. The van der Waals surface area contributed by atoms with E-state index in [1.807, 2.05) is 13.0 Å². The van der Waals surface area contributed by atoms with E-state index >= 15 is 0 Å². The maximum Gasteiger partial charge on any atom is 0.123 e. The Labute approximate surface area is 115 Å². The molecule has 0 bridgehead atoms. The first-order valence-corrected chi connectivity index (χ1v) is 7.31. The molecule has 0 aromatic heterocycles. The molecule has 1 unspecified atom stereocenters. The van der Waals surface area contributed by atoms with Crippen LogP contribution in [0.15, 0.2) is 18.2 Å². The third kappa shape index (κ3) is 3.34. The van der Waals surface area contributed by atoms with Gasteiger partial charge in [-0.2, -0.15) is 0 Å². The number of nitrogens with two attached hydrogens (primary N) is 1. The zero-order chi connectivity index (χ0) is 13.8. The molecule has 2 rings (SSSR count). The summed E-state index contributed by atoms with van der Waals surface area (Å²) in [6.07, 6.45) is 6.42. The minimum atomic E-state index is -0.170. The summed E-state index contributed by atoms with van der Waals surface area (Å²) in [4.78, 5) is 2.36. The summed E-state index contributed by atoms with van der Waals surface area (Å²) in [5, 5.41) is 0. The van der Waals surface area contributed by atoms with Crippen LogP contribution in [-0.2, 0) is 0 Å². The molecule has 0 radical (unpaired) electrons. The van der Waals surface area contributed by atoms with Crippen LogP contribution in [0, 0.1) is 12.7 Å². The average Bonchev–Trinajstić information content (AvgIpc) is 2.44. The highest BCUT2D eigenvalue weighted by atomic mass is 19.1. The molecule has 1 saturated carbocycles. The molecular weight excluding hydrogens is 239 g/mol. The number of benzene rings is 1. The number of aryl methyl sites for hydroxylation is 1. The summed E-state index contributed by atoms with van der Waals surface area (Å²) >= 11 is 0. The maximum atomic E-state index is 13.5. The summed E-state index contributed by atoms with van der Waals surface area (Å²) in [5.74, 6) is -0.170. The highest BCUT2D eigenvalue weighted by Crippen LogP contribution is 2.30. The normalized spacial score (nSPS) is 18.8. The largest absolute Gasteiger partial charge is 0.329 e. The molecule has 1 aromatic carbocycles. The minimum absolute atomic E-state index is 0.124. The van der Waals surface area contributed by atoms with Crippen LogP contribution in [0.2, 0.25) is 0 Å². The summed E-state index contributed by atoms with van der Waals surface area (Å²) in [5.41, 5.74) is 8.13. The van der Waals surface area contributed by atoms with Gasteiger partial charge in [0.25, 0.3) is 0 Å². The lowest BCUT2D eigenvalue weighted by Gasteiger charge is -2.37. The Kier molecular flexibility index (Phi) is 4.94. The fraction of sp³-hybridized carbons (Fsp3) is 0.625. The third-order valence-electron chi connectivity index (χ3n) is 4.47. The first-order chi connectivity index (χ1) is 9.13. The van der Waals surface area contributed by atoms with Gasteiger partial charge in [-0.1, -0.05) is 25.3 Å². The van der Waals surface area contributed by atoms with Crippen LogP contribution >= 0.6 is 0 Å². The Hall–Kier alpha value is -0.930. The monoisotopic (exact) mass is 264 g/mol. The predicted octanol–water partition coefficient (Wildman–Crippen LogP) is 3.40. The van der Waals surface area contributed by atoms with Crippen molar-refractivity contribution >= 4 is 0 Å². The van der Waals surface area contributed by atoms with E-state index < -0.39 is 0 Å². The Morgan fingerprint density at radius 1 is 1.32 bits per heavy atom.